The average Bonchev–Trinajstić information content (AvgIpc) is 1.37. The Kier molecular flexibility index (Phi) is 43.7. The Balaban J connectivity index is 0.000000271. The summed E-state index contributed by atoms with van der Waals surface area (Å²) < 4.78 is 54.8. The van der Waals surface area contributed by atoms with Gasteiger partial charge in [0.15, 0.2) is 0 Å². The Hall–Kier alpha value is -8.37. The summed E-state index contributed by atoms with van der Waals surface area (Å²) in [6, 6.07) is 78.5. The second-order valence-corrected chi connectivity index (χ2v) is 32.3. The molecule has 0 amide bonds. The van der Waals surface area contributed by atoms with E-state index in [4.69, 9.17) is 80.8 Å². The van der Waals surface area contributed by atoms with Crippen molar-refractivity contribution in [3.63, 3.8) is 0 Å². The summed E-state index contributed by atoms with van der Waals surface area (Å²) in [5.41, 5.74) is 10.9. The summed E-state index contributed by atoms with van der Waals surface area (Å²) in [5, 5.41) is 73.9. The molecule has 2 heterocycles. The molecule has 10 aromatic carbocycles. The molecular formula is C99H121AcCl3O19. The molecule has 0 aromatic heterocycles. The summed E-state index contributed by atoms with van der Waals surface area (Å²) in [6.45, 7) is 32.7. The van der Waals surface area contributed by atoms with E-state index in [1.54, 1.807) is 36.4 Å². The fourth-order valence-electron chi connectivity index (χ4n) is 12.3. The number of ether oxygens (including phenoxy) is 10. The van der Waals surface area contributed by atoms with Gasteiger partial charge in [-0.15, -0.1) is 35.6 Å². The number of aromatic hydroxyl groups is 2. The smallest absolute Gasteiger partial charge is 0.119 e. The molecule has 2 saturated heterocycles. The Labute approximate surface area is 772 Å². The van der Waals surface area contributed by atoms with Crippen molar-refractivity contribution in [1.82, 2.24) is 0 Å². The van der Waals surface area contributed by atoms with Crippen LogP contribution in [-0.4, -0.2) is 174 Å². The van der Waals surface area contributed by atoms with Crippen LogP contribution in [0, 0.1) is 44.1 Å². The van der Waals surface area contributed by atoms with Crippen LogP contribution in [0.2, 0.25) is 0 Å². The third-order valence-corrected chi connectivity index (χ3v) is 21.5. The molecule has 0 aliphatic carbocycles. The largest absolute Gasteiger partial charge is 0.508 e. The Bertz CT molecular complexity index is 4180. The molecule has 12 rings (SSSR count). The molecule has 655 valence electrons. The first-order valence-electron chi connectivity index (χ1n) is 39.9. The molecule has 1 radical (unpaired) electrons. The fraction of sp³-hybridized carbons (Fsp3) is 0.354. The van der Waals surface area contributed by atoms with Crippen molar-refractivity contribution in [3.05, 3.63) is 324 Å². The van der Waals surface area contributed by atoms with E-state index in [-0.39, 0.29) is 164 Å². The van der Waals surface area contributed by atoms with E-state index in [9.17, 15) is 30.6 Å². The van der Waals surface area contributed by atoms with Gasteiger partial charge in [-0.2, -0.15) is 0 Å². The molecule has 10 N–H and O–H groups in total. The van der Waals surface area contributed by atoms with Crippen LogP contribution >= 0.6 is 35.6 Å². The number of hydrogen-bond donors (Lipinski definition) is 8. The van der Waals surface area contributed by atoms with Gasteiger partial charge in [0.2, 0.25) is 0 Å². The van der Waals surface area contributed by atoms with Gasteiger partial charge in [-0.25, -0.2) is 0 Å². The standard InChI is InChI=1S/C21H26Cl2O4.C21H28O6.C21H24O4.C21H24O2.C15H16O2.Ac.ClH.H2O/c2*1-21(2,15-3-7-19(8-4-15)26-13-17(24)11-22)16-5-9-20(10-6-16)27-14-18(25)12-23;1-21(2,15-3-7-17(8-4-15)22-11-19-13-24-19)16-5-9-18(10-6-16)23-12-20-14-25-20;1-5-15-22-19-11-7-17(8-12-19)21(3,4)18-9-13-20(14-10-18)23-16-6-2;1-15(2,11-3-7-13(16)8-4-11)12-5-9-14(17)10-6-12;;;/h3-10,17-18,24-25H,11-14H2,1-2H3;3-10,17-18,22-25H,11-14H2,1-2H3;3-10,19-20H,11-14H2,1-2H3;5-14H,1-2,15-16H2,3-4H3;3-10,16-17H,1-2H3;;1H;1H2. The number of phenolic OH excluding ortho intramolecular Hbond substituents is 2. The number of rotatable bonds is 38. The van der Waals surface area contributed by atoms with Crippen LogP contribution in [0.25, 0.3) is 0 Å². The number of phenols is 2. The van der Waals surface area contributed by atoms with E-state index in [1.165, 1.54) is 22.3 Å². The van der Waals surface area contributed by atoms with Crippen LogP contribution in [-0.2, 0) is 36.5 Å². The van der Waals surface area contributed by atoms with Crippen molar-refractivity contribution in [2.24, 2.45) is 0 Å². The molecular weight excluding hydrogens is 1830 g/mol. The Morgan fingerprint density at radius 1 is 0.320 bits per heavy atom. The first kappa shape index (κ1) is 104. The van der Waals surface area contributed by atoms with Crippen molar-refractivity contribution in [3.8, 4) is 57.5 Å². The van der Waals surface area contributed by atoms with Gasteiger partial charge in [0, 0.05) is 71.1 Å². The Morgan fingerprint density at radius 2 is 0.484 bits per heavy atom. The van der Waals surface area contributed by atoms with Crippen molar-refractivity contribution < 1.29 is 138 Å². The van der Waals surface area contributed by atoms with Gasteiger partial charge < -0.3 is 93.7 Å². The number of hydrogen-bond acceptors (Lipinski definition) is 18. The third kappa shape index (κ3) is 32.9. The maximum Gasteiger partial charge on any atom is 0.119 e. The zero-order valence-corrected chi connectivity index (χ0v) is 78.5. The minimum absolute atomic E-state index is 0. The van der Waals surface area contributed by atoms with Gasteiger partial charge in [0.25, 0.3) is 0 Å². The number of aliphatic hydroxyl groups excluding tert-OH is 6. The SMILES string of the molecule is C=CCOc1ccc(C(C)(C)c2ccc(OCC=C)cc2)cc1.CC(C)(c1ccc(O)cc1)c1ccc(O)cc1.CC(C)(c1ccc(OCC(O)CCl)cc1)c1ccc(OCC(O)CCl)cc1.CC(C)(c1ccc(OCC(O)CO)cc1)c1ccc(OCC(O)CO)cc1.CC(C)(c1ccc(OCC2CO2)cc1)c1ccc(OCC2CO2)cc1.Cl.O.[Ac]. The van der Waals surface area contributed by atoms with Gasteiger partial charge in [-0.1, -0.05) is 216 Å². The first-order valence-corrected chi connectivity index (χ1v) is 41.0. The maximum absolute atomic E-state index is 9.47. The molecule has 0 saturated carbocycles. The molecule has 122 heavy (non-hydrogen) atoms. The normalized spacial score (nSPS) is 14.2. The van der Waals surface area contributed by atoms with Crippen LogP contribution < -0.4 is 37.9 Å². The number of halogens is 3. The van der Waals surface area contributed by atoms with E-state index >= 15 is 0 Å². The summed E-state index contributed by atoms with van der Waals surface area (Å²) in [6.07, 6.45) is 0.928. The van der Waals surface area contributed by atoms with Crippen molar-refractivity contribution >= 4 is 35.6 Å². The minimum Gasteiger partial charge on any atom is -0.508 e. The number of aliphatic hydroxyl groups is 6. The maximum atomic E-state index is 9.47. The van der Waals surface area contributed by atoms with Crippen LogP contribution in [0.3, 0.4) is 0 Å². The van der Waals surface area contributed by atoms with Crippen LogP contribution in [0.5, 0.6) is 57.5 Å². The molecule has 2 fully saturated rings. The number of benzene rings is 10. The van der Waals surface area contributed by atoms with Crippen molar-refractivity contribution in [2.75, 3.05) is 91.0 Å². The van der Waals surface area contributed by atoms with Gasteiger partial charge in [-0.3, -0.25) is 0 Å². The summed E-state index contributed by atoms with van der Waals surface area (Å²) >= 11 is 11.1. The van der Waals surface area contributed by atoms with Crippen LogP contribution in [0.1, 0.15) is 125 Å². The van der Waals surface area contributed by atoms with Crippen molar-refractivity contribution in [1.29, 1.82) is 0 Å². The fourth-order valence-corrected chi connectivity index (χ4v) is 12.5. The van der Waals surface area contributed by atoms with E-state index in [1.807, 2.05) is 170 Å². The molecule has 2 aliphatic rings. The zero-order valence-electron chi connectivity index (χ0n) is 71.4. The second kappa shape index (κ2) is 51.2. The van der Waals surface area contributed by atoms with Gasteiger partial charge in [-0.05, 0) is 177 Å². The van der Waals surface area contributed by atoms with E-state index < -0.39 is 24.4 Å². The molecule has 0 bridgehead atoms. The van der Waals surface area contributed by atoms with Crippen molar-refractivity contribution in [2.45, 2.75) is 133 Å². The van der Waals surface area contributed by atoms with E-state index in [0.717, 1.165) is 69.6 Å². The molecule has 6 atom stereocenters. The molecule has 10 aromatic rings. The number of epoxide rings is 2. The monoisotopic (exact) mass is 1950 g/mol. The topological polar surface area (TPSA) is 292 Å². The minimum atomic E-state index is -0.889. The van der Waals surface area contributed by atoms with Gasteiger partial charge in [0.05, 0.1) is 38.2 Å². The van der Waals surface area contributed by atoms with Gasteiger partial charge >= 0.3 is 0 Å². The molecule has 0 spiro atoms. The predicted molar refractivity (Wildman–Crippen MR) is 483 cm³/mol. The summed E-state index contributed by atoms with van der Waals surface area (Å²) in [5.74, 6) is 7.00. The number of alkyl halides is 2. The van der Waals surface area contributed by atoms with Gasteiger partial charge in [0.1, 0.15) is 147 Å². The molecule has 2 aliphatic heterocycles. The summed E-state index contributed by atoms with van der Waals surface area (Å²) in [4.78, 5) is 0. The molecule has 23 heteroatoms. The average molecular weight is 1950 g/mol. The predicted octanol–water partition coefficient (Wildman–Crippen LogP) is 17.2. The van der Waals surface area contributed by atoms with E-state index in [2.05, 4.69) is 131 Å². The Morgan fingerprint density at radius 3 is 0.648 bits per heavy atom. The van der Waals surface area contributed by atoms with Crippen LogP contribution in [0.4, 0.5) is 0 Å². The quantitative estimate of drug-likeness (QED) is 0.0101. The molecule has 6 unspecified atom stereocenters. The third-order valence-electron chi connectivity index (χ3n) is 20.7. The van der Waals surface area contributed by atoms with E-state index in [0.29, 0.717) is 49.4 Å². The molecule has 19 nitrogen and oxygen atoms in total. The first-order chi connectivity index (χ1) is 56.9. The van der Waals surface area contributed by atoms with Crippen LogP contribution in [0.15, 0.2) is 268 Å². The zero-order chi connectivity index (χ0) is 86.2. The second-order valence-electron chi connectivity index (χ2n) is 31.7. The summed E-state index contributed by atoms with van der Waals surface area (Å²) in [7, 11) is 0.